The van der Waals surface area contributed by atoms with Crippen molar-refractivity contribution in [3.8, 4) is 11.8 Å². The lowest BCUT2D eigenvalue weighted by atomic mass is 10.2. The Morgan fingerprint density at radius 1 is 1.03 bits per heavy atom. The highest BCUT2D eigenvalue weighted by Gasteiger charge is 2.32. The van der Waals surface area contributed by atoms with E-state index in [1.807, 2.05) is 60.7 Å². The van der Waals surface area contributed by atoms with Crippen molar-refractivity contribution in [2.24, 2.45) is 0 Å². The van der Waals surface area contributed by atoms with Gasteiger partial charge in [-0.1, -0.05) is 30.3 Å². The summed E-state index contributed by atoms with van der Waals surface area (Å²) >= 11 is 0. The van der Waals surface area contributed by atoms with Gasteiger partial charge in [0.25, 0.3) is 0 Å². The first-order chi connectivity index (χ1) is 16.5. The van der Waals surface area contributed by atoms with Crippen molar-refractivity contribution in [3.63, 3.8) is 0 Å². The molecule has 2 aliphatic rings. The highest BCUT2D eigenvalue weighted by molar-refractivity contribution is 6.04. The monoisotopic (exact) mass is 453 g/mol. The van der Waals surface area contributed by atoms with Crippen LogP contribution in [0.2, 0.25) is 0 Å². The second-order valence-electron chi connectivity index (χ2n) is 8.39. The number of carbonyl (C=O) groups excluding carboxylic acids is 2. The summed E-state index contributed by atoms with van der Waals surface area (Å²) in [5.74, 6) is -0.418. The number of anilines is 2. The van der Waals surface area contributed by atoms with Gasteiger partial charge in [-0.25, -0.2) is 9.48 Å². The minimum absolute atomic E-state index is 0.0655. The molecule has 0 spiro atoms. The van der Waals surface area contributed by atoms with E-state index in [1.165, 1.54) is 0 Å². The van der Waals surface area contributed by atoms with Gasteiger partial charge in [0.1, 0.15) is 17.5 Å². The van der Waals surface area contributed by atoms with Crippen molar-refractivity contribution in [2.45, 2.75) is 18.8 Å². The number of ketones is 1. The van der Waals surface area contributed by atoms with Crippen LogP contribution in [0, 0.1) is 11.3 Å². The number of fused-ring (bicyclic) bond motifs is 1. The van der Waals surface area contributed by atoms with Gasteiger partial charge in [0.05, 0.1) is 22.8 Å². The fourth-order valence-corrected chi connectivity index (χ4v) is 4.22. The molecule has 0 bridgehead atoms. The highest BCUT2D eigenvalue weighted by Crippen LogP contribution is 2.41. The predicted molar refractivity (Wildman–Crippen MR) is 127 cm³/mol. The second-order valence-corrected chi connectivity index (χ2v) is 8.39. The molecule has 5 rings (SSSR count). The van der Waals surface area contributed by atoms with E-state index in [0.29, 0.717) is 11.7 Å². The molecule has 0 amide bonds. The van der Waals surface area contributed by atoms with E-state index in [-0.39, 0.29) is 11.3 Å². The normalized spacial score (nSPS) is 14.6. The minimum Gasteiger partial charge on any atom is -0.453 e. The zero-order valence-corrected chi connectivity index (χ0v) is 18.9. The summed E-state index contributed by atoms with van der Waals surface area (Å²) in [4.78, 5) is 29.6. The summed E-state index contributed by atoms with van der Waals surface area (Å²) in [5, 5.41) is 14.4. The molecule has 1 aromatic heterocycles. The van der Waals surface area contributed by atoms with Crippen LogP contribution in [0.5, 0.6) is 0 Å². The van der Waals surface area contributed by atoms with Crippen LogP contribution in [0.1, 0.15) is 34.9 Å². The number of ether oxygens (including phenoxy) is 1. The smallest absolute Gasteiger partial charge is 0.357 e. The Morgan fingerprint density at radius 3 is 2.24 bits per heavy atom. The van der Waals surface area contributed by atoms with Gasteiger partial charge in [-0.3, -0.25) is 4.79 Å². The Kier molecular flexibility index (Phi) is 5.38. The van der Waals surface area contributed by atoms with Crippen molar-refractivity contribution in [3.05, 3.63) is 83.4 Å². The Hall–Kier alpha value is -4.38. The molecule has 2 aromatic carbocycles. The van der Waals surface area contributed by atoms with Crippen LogP contribution in [-0.4, -0.2) is 42.2 Å². The lowest BCUT2D eigenvalue weighted by Crippen LogP contribution is -2.28. The maximum Gasteiger partial charge on any atom is 0.357 e. The molecule has 1 fully saturated rings. The molecule has 0 unspecified atom stereocenters. The van der Waals surface area contributed by atoms with E-state index in [1.54, 1.807) is 34.6 Å². The number of nitrogens with zero attached hydrogens (tertiary/aromatic N) is 5. The summed E-state index contributed by atoms with van der Waals surface area (Å²) < 4.78 is 6.94. The summed E-state index contributed by atoms with van der Waals surface area (Å²) in [5.41, 5.74) is 3.54. The molecule has 1 saturated carbocycles. The lowest BCUT2D eigenvalue weighted by Gasteiger charge is -2.19. The summed E-state index contributed by atoms with van der Waals surface area (Å²) in [6, 6.07) is 20.7. The number of para-hydroxylation sites is 3. The molecule has 1 aliphatic carbocycles. The maximum absolute atomic E-state index is 13.0. The topological polar surface area (TPSA) is 91.5 Å². The minimum atomic E-state index is -0.657. The maximum atomic E-state index is 13.0. The molecule has 170 valence electrons. The van der Waals surface area contributed by atoms with Crippen molar-refractivity contribution in [2.75, 3.05) is 30.5 Å². The van der Waals surface area contributed by atoms with Gasteiger partial charge in [0.15, 0.2) is 12.3 Å². The zero-order chi connectivity index (χ0) is 23.8. The van der Waals surface area contributed by atoms with Gasteiger partial charge < -0.3 is 14.5 Å². The fourth-order valence-electron chi connectivity index (χ4n) is 4.22. The van der Waals surface area contributed by atoms with Gasteiger partial charge in [0.2, 0.25) is 5.78 Å². The van der Waals surface area contributed by atoms with Crippen LogP contribution < -0.4 is 9.80 Å². The number of Topliss-reactive ketones (excluding diaryl/α,β-unsaturated/α-hetero) is 1. The first kappa shape index (κ1) is 21.5. The first-order valence-electron chi connectivity index (χ1n) is 11.1. The largest absolute Gasteiger partial charge is 0.453 e. The molecule has 2 heterocycles. The van der Waals surface area contributed by atoms with Crippen LogP contribution in [-0.2, 0) is 9.53 Å². The quantitative estimate of drug-likeness (QED) is 0.318. The molecule has 0 radical (unpaired) electrons. The average Bonchev–Trinajstić information content (AvgIpc) is 3.57. The molecule has 1 aliphatic heterocycles. The van der Waals surface area contributed by atoms with Gasteiger partial charge in [-0.2, -0.15) is 10.4 Å². The molecular formula is C26H23N5O3. The van der Waals surface area contributed by atoms with Crippen molar-refractivity contribution < 1.29 is 14.3 Å². The first-order valence-corrected chi connectivity index (χ1v) is 11.1. The number of nitriles is 1. The number of esters is 1. The number of benzene rings is 2. The fraction of sp³-hybridized carbons (Fsp3) is 0.231. The Balaban J connectivity index is 1.38. The molecular weight excluding hydrogens is 430 g/mol. The summed E-state index contributed by atoms with van der Waals surface area (Å²) in [6.07, 6.45) is 2.09. The van der Waals surface area contributed by atoms with Crippen LogP contribution in [0.3, 0.4) is 0 Å². The lowest BCUT2D eigenvalue weighted by molar-refractivity contribution is -0.118. The molecule has 3 aromatic rings. The third-order valence-corrected chi connectivity index (χ3v) is 6.12. The van der Waals surface area contributed by atoms with Gasteiger partial charge in [-0.05, 0) is 43.2 Å². The Morgan fingerprint density at radius 2 is 1.65 bits per heavy atom. The van der Waals surface area contributed by atoms with E-state index in [9.17, 15) is 14.9 Å². The van der Waals surface area contributed by atoms with Crippen molar-refractivity contribution in [1.82, 2.24) is 9.78 Å². The van der Waals surface area contributed by atoms with E-state index in [4.69, 9.17) is 4.74 Å². The molecule has 8 nitrogen and oxygen atoms in total. The number of hydrogen-bond donors (Lipinski definition) is 0. The van der Waals surface area contributed by atoms with E-state index < -0.39 is 18.4 Å². The zero-order valence-electron chi connectivity index (χ0n) is 18.9. The Labute approximate surface area is 197 Å². The van der Waals surface area contributed by atoms with Crippen LogP contribution >= 0.6 is 0 Å². The molecule has 0 N–H and O–H groups in total. The predicted octanol–water partition coefficient (Wildman–Crippen LogP) is 3.80. The summed E-state index contributed by atoms with van der Waals surface area (Å²) in [6.45, 7) is -0.540. The molecule has 0 atom stereocenters. The standard InChI is InChI=1S/C26H23N5O3/c1-29-21-10-6-7-11-22(21)30(2)25(29)19(15-27)24(32)16-34-26(33)23-14-20(17-12-13-17)28-31(23)18-8-4-3-5-9-18/h3-11,14,17H,12-13,16H2,1-2H3. The Bertz CT molecular complexity index is 1320. The van der Waals surface area contributed by atoms with Gasteiger partial charge in [-0.15, -0.1) is 0 Å². The SMILES string of the molecule is CN1C(=C(C#N)C(=O)COC(=O)c2cc(C3CC3)nn2-c2ccccc2)N(C)c2ccccc21. The van der Waals surface area contributed by atoms with Gasteiger partial charge >= 0.3 is 5.97 Å². The number of rotatable bonds is 6. The van der Waals surface area contributed by atoms with Crippen LogP contribution in [0.4, 0.5) is 11.4 Å². The molecule has 8 heteroatoms. The molecule has 0 saturated heterocycles. The van der Waals surface area contributed by atoms with Crippen molar-refractivity contribution >= 4 is 23.1 Å². The van der Waals surface area contributed by atoms with Crippen LogP contribution in [0.25, 0.3) is 5.69 Å². The van der Waals surface area contributed by atoms with E-state index in [2.05, 4.69) is 5.10 Å². The third kappa shape index (κ3) is 3.71. The number of carbonyl (C=O) groups is 2. The van der Waals surface area contributed by atoms with Crippen LogP contribution in [0.15, 0.2) is 72.1 Å². The average molecular weight is 454 g/mol. The third-order valence-electron chi connectivity index (χ3n) is 6.12. The van der Waals surface area contributed by atoms with Gasteiger partial charge in [0, 0.05) is 20.0 Å². The van der Waals surface area contributed by atoms with Crippen molar-refractivity contribution in [1.29, 1.82) is 5.26 Å². The van der Waals surface area contributed by atoms with E-state index >= 15 is 0 Å². The second kappa shape index (κ2) is 8.52. The summed E-state index contributed by atoms with van der Waals surface area (Å²) in [7, 11) is 3.60. The number of hydrogen-bond acceptors (Lipinski definition) is 7. The molecule has 34 heavy (non-hydrogen) atoms. The number of aromatic nitrogens is 2. The van der Waals surface area contributed by atoms with E-state index in [0.717, 1.165) is 35.6 Å². The highest BCUT2D eigenvalue weighted by atomic mass is 16.5.